The summed E-state index contributed by atoms with van der Waals surface area (Å²) in [5.41, 5.74) is 7.22. The van der Waals surface area contributed by atoms with Crippen molar-refractivity contribution in [3.05, 3.63) is 35.9 Å². The molecule has 2 bridgehead atoms. The zero-order chi connectivity index (χ0) is 12.5. The van der Waals surface area contributed by atoms with Crippen LogP contribution in [0.3, 0.4) is 0 Å². The molecule has 0 saturated carbocycles. The fourth-order valence-electron chi connectivity index (χ4n) is 3.47. The van der Waals surface area contributed by atoms with Gasteiger partial charge in [-0.25, -0.2) is 0 Å². The highest BCUT2D eigenvalue weighted by atomic mass is 15.4. The minimum absolute atomic E-state index is 0.541. The Kier molecular flexibility index (Phi) is 3.37. The van der Waals surface area contributed by atoms with Gasteiger partial charge in [0.25, 0.3) is 0 Å². The highest BCUT2D eigenvalue weighted by Crippen LogP contribution is 2.32. The van der Waals surface area contributed by atoms with E-state index in [1.165, 1.54) is 25.1 Å². The number of hydrogen-bond acceptors (Lipinski definition) is 3. The molecule has 3 unspecified atom stereocenters. The molecule has 2 saturated heterocycles. The topological polar surface area (TPSA) is 32.5 Å². The Morgan fingerprint density at radius 3 is 2.61 bits per heavy atom. The number of fused-ring (bicyclic) bond motifs is 2. The fraction of sp³-hybridized carbons (Fsp3) is 0.600. The molecule has 1 aromatic rings. The van der Waals surface area contributed by atoms with Gasteiger partial charge in [0.2, 0.25) is 0 Å². The maximum Gasteiger partial charge on any atom is 0.0242 e. The number of hydrogen-bond donors (Lipinski definition) is 1. The lowest BCUT2D eigenvalue weighted by Crippen LogP contribution is -2.51. The van der Waals surface area contributed by atoms with Gasteiger partial charge in [0, 0.05) is 44.3 Å². The van der Waals surface area contributed by atoms with Crippen molar-refractivity contribution < 1.29 is 0 Å². The third kappa shape index (κ3) is 2.18. The summed E-state index contributed by atoms with van der Waals surface area (Å²) in [4.78, 5) is 5.24. The summed E-state index contributed by atoms with van der Waals surface area (Å²) in [6, 6.07) is 12.8. The van der Waals surface area contributed by atoms with Gasteiger partial charge in [-0.15, -0.1) is 0 Å². The summed E-state index contributed by atoms with van der Waals surface area (Å²) in [6.45, 7) is 6.55. The number of nitrogens with two attached hydrogens (primary N) is 1. The molecule has 3 nitrogen and oxygen atoms in total. The highest BCUT2D eigenvalue weighted by Gasteiger charge is 2.44. The summed E-state index contributed by atoms with van der Waals surface area (Å²) in [5, 5.41) is 0. The van der Waals surface area contributed by atoms with Gasteiger partial charge in [0.15, 0.2) is 0 Å². The second-order valence-corrected chi connectivity index (χ2v) is 5.74. The molecular weight excluding hydrogens is 222 g/mol. The van der Waals surface area contributed by atoms with Crippen molar-refractivity contribution in [2.75, 3.05) is 19.6 Å². The SMILES string of the molecule is CC(CN)N1CC2CC1CN2Cc1ccccc1. The number of nitrogens with zero attached hydrogens (tertiary/aromatic N) is 2. The predicted octanol–water partition coefficient (Wildman–Crippen LogP) is 1.29. The quantitative estimate of drug-likeness (QED) is 0.867. The van der Waals surface area contributed by atoms with Gasteiger partial charge >= 0.3 is 0 Å². The number of piperazine rings is 1. The van der Waals surface area contributed by atoms with E-state index in [1.54, 1.807) is 0 Å². The molecule has 2 fully saturated rings. The molecule has 0 radical (unpaired) electrons. The zero-order valence-electron chi connectivity index (χ0n) is 11.1. The smallest absolute Gasteiger partial charge is 0.0242 e. The lowest BCUT2D eigenvalue weighted by atomic mass is 10.2. The second-order valence-electron chi connectivity index (χ2n) is 5.74. The molecular formula is C15H23N3. The predicted molar refractivity (Wildman–Crippen MR) is 74.3 cm³/mol. The largest absolute Gasteiger partial charge is 0.329 e. The summed E-state index contributed by atoms with van der Waals surface area (Å²) in [5.74, 6) is 0. The molecule has 98 valence electrons. The molecule has 0 aliphatic carbocycles. The standard InChI is InChI=1S/C15H23N3/c1-12(8-16)18-11-14-7-15(18)10-17(14)9-13-5-3-2-4-6-13/h2-6,12,14-15H,7-11,16H2,1H3. The lowest BCUT2D eigenvalue weighted by molar-refractivity contribution is 0.0964. The molecule has 2 heterocycles. The van der Waals surface area contributed by atoms with Crippen LogP contribution < -0.4 is 5.73 Å². The Morgan fingerprint density at radius 1 is 1.22 bits per heavy atom. The Hall–Kier alpha value is -0.900. The van der Waals surface area contributed by atoms with Gasteiger partial charge < -0.3 is 5.73 Å². The van der Waals surface area contributed by atoms with Crippen LogP contribution in [0.4, 0.5) is 0 Å². The highest BCUT2D eigenvalue weighted by molar-refractivity contribution is 5.15. The van der Waals surface area contributed by atoms with Crippen LogP contribution in [0.5, 0.6) is 0 Å². The van der Waals surface area contributed by atoms with Crippen molar-refractivity contribution in [1.29, 1.82) is 0 Å². The van der Waals surface area contributed by atoms with Crippen LogP contribution in [0.2, 0.25) is 0 Å². The van der Waals surface area contributed by atoms with Crippen LogP contribution in [0, 0.1) is 0 Å². The second kappa shape index (κ2) is 5.00. The molecule has 2 aliphatic rings. The molecule has 3 rings (SSSR count). The molecule has 0 aromatic heterocycles. The molecule has 3 atom stereocenters. The van der Waals surface area contributed by atoms with Gasteiger partial charge in [-0.05, 0) is 18.9 Å². The number of rotatable bonds is 4. The van der Waals surface area contributed by atoms with E-state index >= 15 is 0 Å². The van der Waals surface area contributed by atoms with Crippen molar-refractivity contribution in [2.45, 2.75) is 38.0 Å². The first-order chi connectivity index (χ1) is 8.78. The normalized spacial score (nSPS) is 29.9. The molecule has 0 spiro atoms. The number of benzene rings is 1. The van der Waals surface area contributed by atoms with Crippen molar-refractivity contribution in [3.8, 4) is 0 Å². The first-order valence-electron chi connectivity index (χ1n) is 7.01. The lowest BCUT2D eigenvalue weighted by Gasteiger charge is -2.37. The van der Waals surface area contributed by atoms with Crippen LogP contribution >= 0.6 is 0 Å². The van der Waals surface area contributed by atoms with Gasteiger partial charge in [0.05, 0.1) is 0 Å². The van der Waals surface area contributed by atoms with E-state index in [4.69, 9.17) is 5.73 Å². The molecule has 0 amide bonds. The summed E-state index contributed by atoms with van der Waals surface area (Å²) >= 11 is 0. The van der Waals surface area contributed by atoms with E-state index in [0.29, 0.717) is 6.04 Å². The van der Waals surface area contributed by atoms with Crippen LogP contribution in [0.15, 0.2) is 30.3 Å². The third-order valence-corrected chi connectivity index (χ3v) is 4.53. The first kappa shape index (κ1) is 12.2. The van der Waals surface area contributed by atoms with Crippen LogP contribution in [-0.4, -0.2) is 47.6 Å². The molecule has 3 heteroatoms. The van der Waals surface area contributed by atoms with Crippen LogP contribution in [0.1, 0.15) is 18.9 Å². The van der Waals surface area contributed by atoms with E-state index in [2.05, 4.69) is 47.1 Å². The summed E-state index contributed by atoms with van der Waals surface area (Å²) in [6.07, 6.45) is 1.33. The minimum atomic E-state index is 0.541. The fourth-order valence-corrected chi connectivity index (χ4v) is 3.47. The molecule has 2 aliphatic heterocycles. The molecule has 1 aromatic carbocycles. The molecule has 2 N–H and O–H groups in total. The average molecular weight is 245 g/mol. The minimum Gasteiger partial charge on any atom is -0.329 e. The van der Waals surface area contributed by atoms with Crippen molar-refractivity contribution in [1.82, 2.24) is 9.80 Å². The molecule has 18 heavy (non-hydrogen) atoms. The monoisotopic (exact) mass is 245 g/mol. The Morgan fingerprint density at radius 2 is 2.00 bits per heavy atom. The van der Waals surface area contributed by atoms with E-state index in [1.807, 2.05) is 0 Å². The van der Waals surface area contributed by atoms with E-state index in [0.717, 1.165) is 25.2 Å². The maximum absolute atomic E-state index is 5.79. The van der Waals surface area contributed by atoms with Crippen LogP contribution in [0.25, 0.3) is 0 Å². The van der Waals surface area contributed by atoms with Gasteiger partial charge in [-0.1, -0.05) is 30.3 Å². The Balaban J connectivity index is 1.61. The summed E-state index contributed by atoms with van der Waals surface area (Å²) < 4.78 is 0. The Bertz CT molecular complexity index is 392. The van der Waals surface area contributed by atoms with Crippen molar-refractivity contribution >= 4 is 0 Å². The van der Waals surface area contributed by atoms with Crippen LogP contribution in [-0.2, 0) is 6.54 Å². The summed E-state index contributed by atoms with van der Waals surface area (Å²) in [7, 11) is 0. The van der Waals surface area contributed by atoms with Crippen molar-refractivity contribution in [2.24, 2.45) is 5.73 Å². The average Bonchev–Trinajstić information content (AvgIpc) is 2.98. The van der Waals surface area contributed by atoms with E-state index in [9.17, 15) is 0 Å². The maximum atomic E-state index is 5.79. The van der Waals surface area contributed by atoms with E-state index in [-0.39, 0.29) is 0 Å². The number of likely N-dealkylation sites (tertiary alicyclic amines) is 2. The van der Waals surface area contributed by atoms with Gasteiger partial charge in [0.1, 0.15) is 0 Å². The third-order valence-electron chi connectivity index (χ3n) is 4.53. The Labute approximate surface area is 110 Å². The van der Waals surface area contributed by atoms with Gasteiger partial charge in [-0.3, -0.25) is 9.80 Å². The first-order valence-corrected chi connectivity index (χ1v) is 7.01. The van der Waals surface area contributed by atoms with Crippen molar-refractivity contribution in [3.63, 3.8) is 0 Å². The van der Waals surface area contributed by atoms with Gasteiger partial charge in [-0.2, -0.15) is 0 Å². The van der Waals surface area contributed by atoms with E-state index < -0.39 is 0 Å². The zero-order valence-corrected chi connectivity index (χ0v) is 11.1.